The fraction of sp³-hybridized carbons (Fsp3) is 0.395. The summed E-state index contributed by atoms with van der Waals surface area (Å²) in [6, 6.07) is 28.8. The van der Waals surface area contributed by atoms with Crippen LogP contribution in [0.3, 0.4) is 0 Å². The van der Waals surface area contributed by atoms with Gasteiger partial charge in [-0.25, -0.2) is 0 Å². The molecule has 0 N–H and O–H groups in total. The minimum absolute atomic E-state index is 0.0327. The van der Waals surface area contributed by atoms with Gasteiger partial charge in [0.15, 0.2) is 0 Å². The van der Waals surface area contributed by atoms with E-state index in [-0.39, 0.29) is 28.5 Å². The Hall–Kier alpha value is -3.50. The molecule has 1 aliphatic carbocycles. The van der Waals surface area contributed by atoms with Crippen LogP contribution in [0.4, 0.5) is 28.4 Å². The molecule has 4 heterocycles. The monoisotopic (exact) mass is 634 g/mol. The first-order valence-corrected chi connectivity index (χ1v) is 18.6. The molecule has 4 aliphatic rings. The van der Waals surface area contributed by atoms with Crippen molar-refractivity contribution in [3.05, 3.63) is 95.1 Å². The maximum atomic E-state index is 2.87. The first-order valence-electron chi connectivity index (χ1n) is 17.8. The highest BCUT2D eigenvalue weighted by atomic mass is 32.1. The van der Waals surface area contributed by atoms with Crippen molar-refractivity contribution in [2.45, 2.75) is 110 Å². The van der Waals surface area contributed by atoms with Gasteiger partial charge >= 0.3 is 0 Å². The van der Waals surface area contributed by atoms with E-state index in [0.717, 1.165) is 0 Å². The number of fused-ring (bicyclic) bond motifs is 9. The largest absolute Gasteiger partial charge is 0.335 e. The van der Waals surface area contributed by atoms with Crippen LogP contribution < -0.4 is 25.5 Å². The standard InChI is InChI=1S/C43H47BN2S/c1-26-22-33-36-34(23-26)46-38-31(42(8)20-12-13-21-43(42,46)9)24-28(41(5,6)7)25-32(38)44(36)39-37(30-14-10-11-15-35(30)47-39)45(33)29-18-16-27(17-19-29)40(2,3)4/h10-11,14-19,22-25H,12-13,20-21H2,1-9H3. The number of benzene rings is 4. The van der Waals surface area contributed by atoms with Crippen molar-refractivity contribution in [1.29, 1.82) is 0 Å². The van der Waals surface area contributed by atoms with E-state index >= 15 is 0 Å². The Bertz CT molecular complexity index is 2130. The third kappa shape index (κ3) is 3.80. The average Bonchev–Trinajstić information content (AvgIpc) is 3.49. The molecule has 2 nitrogen and oxygen atoms in total. The summed E-state index contributed by atoms with van der Waals surface area (Å²) in [5.41, 5.74) is 16.0. The molecule has 2 atom stereocenters. The van der Waals surface area contributed by atoms with E-state index in [1.165, 1.54) is 96.6 Å². The molecular weight excluding hydrogens is 587 g/mol. The van der Waals surface area contributed by atoms with E-state index in [4.69, 9.17) is 0 Å². The van der Waals surface area contributed by atoms with Crippen LogP contribution in [0.1, 0.15) is 103 Å². The van der Waals surface area contributed by atoms with Gasteiger partial charge in [0.25, 0.3) is 6.71 Å². The zero-order valence-electron chi connectivity index (χ0n) is 29.6. The van der Waals surface area contributed by atoms with E-state index in [9.17, 15) is 0 Å². The van der Waals surface area contributed by atoms with Crippen molar-refractivity contribution in [3.63, 3.8) is 0 Å². The lowest BCUT2D eigenvalue weighted by atomic mass is 9.36. The molecule has 1 fully saturated rings. The van der Waals surface area contributed by atoms with Gasteiger partial charge < -0.3 is 9.80 Å². The van der Waals surface area contributed by atoms with Crippen molar-refractivity contribution in [2.24, 2.45) is 0 Å². The molecule has 1 aromatic heterocycles. The molecular formula is C43H47BN2S. The third-order valence-electron chi connectivity index (χ3n) is 12.5. The van der Waals surface area contributed by atoms with Crippen LogP contribution in [0.25, 0.3) is 10.1 Å². The van der Waals surface area contributed by atoms with Crippen LogP contribution in [-0.2, 0) is 16.2 Å². The molecule has 4 aromatic carbocycles. The molecule has 0 radical (unpaired) electrons. The molecule has 5 aromatic rings. The zero-order chi connectivity index (χ0) is 32.8. The zero-order valence-corrected chi connectivity index (χ0v) is 30.5. The van der Waals surface area contributed by atoms with E-state index in [1.807, 2.05) is 11.3 Å². The lowest BCUT2D eigenvalue weighted by Gasteiger charge is -2.52. The van der Waals surface area contributed by atoms with Crippen molar-refractivity contribution in [3.8, 4) is 0 Å². The van der Waals surface area contributed by atoms with Gasteiger partial charge in [0.1, 0.15) is 0 Å². The Morgan fingerprint density at radius 3 is 2.15 bits per heavy atom. The average molecular weight is 635 g/mol. The second-order valence-corrected chi connectivity index (χ2v) is 18.5. The molecule has 2 unspecified atom stereocenters. The summed E-state index contributed by atoms with van der Waals surface area (Å²) in [6.45, 7) is 21.8. The highest BCUT2D eigenvalue weighted by molar-refractivity contribution is 7.33. The summed E-state index contributed by atoms with van der Waals surface area (Å²) >= 11 is 2.02. The van der Waals surface area contributed by atoms with Crippen molar-refractivity contribution < 1.29 is 0 Å². The Kier molecular flexibility index (Phi) is 5.89. The summed E-state index contributed by atoms with van der Waals surface area (Å²) in [4.78, 5) is 5.49. The maximum Gasteiger partial charge on any atom is 0.264 e. The SMILES string of the molecule is Cc1cc2c3c(c1)N1c4c(cc(C(C)(C)C)cc4C4(C)CCCCC14C)B3c1sc3ccccc3c1N2c1ccc(C(C)(C)C)cc1. The molecule has 0 amide bonds. The number of hydrogen-bond acceptors (Lipinski definition) is 3. The van der Waals surface area contributed by atoms with Crippen LogP contribution >= 0.6 is 11.3 Å². The van der Waals surface area contributed by atoms with Gasteiger partial charge in [0.2, 0.25) is 0 Å². The first kappa shape index (κ1) is 29.6. The molecule has 238 valence electrons. The lowest BCUT2D eigenvalue weighted by molar-refractivity contribution is 0.195. The van der Waals surface area contributed by atoms with E-state index in [2.05, 4.69) is 145 Å². The van der Waals surface area contributed by atoms with Crippen molar-refractivity contribution in [1.82, 2.24) is 0 Å². The predicted octanol–water partition coefficient (Wildman–Crippen LogP) is 10.2. The van der Waals surface area contributed by atoms with Crippen LogP contribution in [0.15, 0.2) is 72.8 Å². The number of nitrogens with zero attached hydrogens (tertiary/aromatic N) is 2. The normalized spacial score (nSPS) is 22.7. The number of rotatable bonds is 1. The van der Waals surface area contributed by atoms with E-state index in [0.29, 0.717) is 0 Å². The van der Waals surface area contributed by atoms with Gasteiger partial charge in [-0.3, -0.25) is 0 Å². The summed E-state index contributed by atoms with van der Waals surface area (Å²) in [5.74, 6) is 0. The highest BCUT2D eigenvalue weighted by Crippen LogP contribution is 2.62. The number of hydrogen-bond donors (Lipinski definition) is 0. The fourth-order valence-corrected chi connectivity index (χ4v) is 11.0. The second kappa shape index (κ2) is 9.35. The Morgan fingerprint density at radius 2 is 1.43 bits per heavy atom. The second-order valence-electron chi connectivity index (χ2n) is 17.5. The van der Waals surface area contributed by atoms with Gasteiger partial charge in [-0.2, -0.15) is 0 Å². The van der Waals surface area contributed by atoms with Crippen LogP contribution in [-0.4, -0.2) is 12.3 Å². The van der Waals surface area contributed by atoms with Gasteiger partial charge in [-0.1, -0.05) is 104 Å². The van der Waals surface area contributed by atoms with Crippen LogP contribution in [0, 0.1) is 6.92 Å². The molecule has 0 spiro atoms. The van der Waals surface area contributed by atoms with E-state index < -0.39 is 0 Å². The van der Waals surface area contributed by atoms with Crippen molar-refractivity contribution >= 4 is 72.3 Å². The predicted molar refractivity (Wildman–Crippen MR) is 206 cm³/mol. The molecule has 9 rings (SSSR count). The molecule has 1 saturated carbocycles. The fourth-order valence-electron chi connectivity index (χ4n) is 9.72. The molecule has 0 saturated heterocycles. The molecule has 0 bridgehead atoms. The maximum absolute atomic E-state index is 2.87. The van der Waals surface area contributed by atoms with Gasteiger partial charge in [-0.05, 0) is 101 Å². The van der Waals surface area contributed by atoms with Gasteiger partial charge in [-0.15, -0.1) is 11.3 Å². The van der Waals surface area contributed by atoms with Crippen molar-refractivity contribution in [2.75, 3.05) is 9.80 Å². The first-order chi connectivity index (χ1) is 22.2. The van der Waals surface area contributed by atoms with Gasteiger partial charge in [0, 0.05) is 43.0 Å². The number of thiophene rings is 1. The number of aryl methyl sites for hydroxylation is 1. The van der Waals surface area contributed by atoms with Gasteiger partial charge in [0.05, 0.1) is 11.2 Å². The van der Waals surface area contributed by atoms with Crippen LogP contribution in [0.5, 0.6) is 0 Å². The quantitative estimate of drug-likeness (QED) is 0.166. The Morgan fingerprint density at radius 1 is 0.745 bits per heavy atom. The lowest BCUT2D eigenvalue weighted by Crippen LogP contribution is -2.64. The summed E-state index contributed by atoms with van der Waals surface area (Å²) in [7, 11) is 0. The summed E-state index contributed by atoms with van der Waals surface area (Å²) < 4.78 is 2.86. The minimum Gasteiger partial charge on any atom is -0.335 e. The topological polar surface area (TPSA) is 6.48 Å². The molecule has 47 heavy (non-hydrogen) atoms. The molecule has 3 aliphatic heterocycles. The smallest absolute Gasteiger partial charge is 0.264 e. The summed E-state index contributed by atoms with van der Waals surface area (Å²) in [5, 5.41) is 1.36. The Labute approximate surface area is 285 Å². The highest BCUT2D eigenvalue weighted by Gasteiger charge is 2.61. The van der Waals surface area contributed by atoms with Crippen LogP contribution in [0.2, 0.25) is 0 Å². The Balaban J connectivity index is 1.41. The number of anilines is 5. The minimum atomic E-state index is 0.0327. The molecule has 4 heteroatoms. The summed E-state index contributed by atoms with van der Waals surface area (Å²) in [6.07, 6.45) is 5.08. The third-order valence-corrected chi connectivity index (χ3v) is 13.8. The van der Waals surface area contributed by atoms with E-state index in [1.54, 1.807) is 5.56 Å².